The van der Waals surface area contributed by atoms with E-state index >= 15 is 0 Å². The van der Waals surface area contributed by atoms with E-state index in [9.17, 15) is 4.79 Å². The molecule has 0 aromatic carbocycles. The van der Waals surface area contributed by atoms with Crippen LogP contribution in [0.1, 0.15) is 52.4 Å². The van der Waals surface area contributed by atoms with Crippen molar-refractivity contribution in [1.82, 2.24) is 10.2 Å². The molecule has 0 aromatic heterocycles. The smallest absolute Gasteiger partial charge is 0.222 e. The summed E-state index contributed by atoms with van der Waals surface area (Å²) in [5.41, 5.74) is 0. The van der Waals surface area contributed by atoms with Crippen LogP contribution in [0.25, 0.3) is 0 Å². The molecule has 1 atom stereocenters. The zero-order valence-corrected chi connectivity index (χ0v) is 12.0. The number of piperidine rings is 1. The maximum atomic E-state index is 12.3. The van der Waals surface area contributed by atoms with Gasteiger partial charge >= 0.3 is 0 Å². The Kier molecular flexibility index (Phi) is 5.04. The van der Waals surface area contributed by atoms with Crippen molar-refractivity contribution in [3.8, 4) is 0 Å². The van der Waals surface area contributed by atoms with Crippen LogP contribution in [0.15, 0.2) is 0 Å². The summed E-state index contributed by atoms with van der Waals surface area (Å²) in [6, 6.07) is 0.548. The van der Waals surface area contributed by atoms with Crippen LogP contribution in [0.4, 0.5) is 0 Å². The van der Waals surface area contributed by atoms with Gasteiger partial charge in [-0.15, -0.1) is 0 Å². The minimum Gasteiger partial charge on any atom is -0.339 e. The first-order valence-electron chi connectivity index (χ1n) is 7.68. The Morgan fingerprint density at radius 3 is 2.67 bits per heavy atom. The van der Waals surface area contributed by atoms with E-state index < -0.39 is 0 Å². The molecule has 18 heavy (non-hydrogen) atoms. The van der Waals surface area contributed by atoms with E-state index in [1.807, 2.05) is 0 Å². The molecule has 2 aliphatic rings. The molecule has 1 unspecified atom stereocenters. The largest absolute Gasteiger partial charge is 0.339 e. The number of nitrogens with one attached hydrogen (secondary N) is 1. The molecule has 2 fully saturated rings. The highest BCUT2D eigenvalue weighted by Gasteiger charge is 2.34. The molecule has 3 nitrogen and oxygen atoms in total. The molecule has 104 valence electrons. The van der Waals surface area contributed by atoms with Crippen LogP contribution in [0.2, 0.25) is 0 Å². The zero-order valence-electron chi connectivity index (χ0n) is 12.0. The Balaban J connectivity index is 1.87. The van der Waals surface area contributed by atoms with E-state index in [0.29, 0.717) is 17.9 Å². The van der Waals surface area contributed by atoms with E-state index in [2.05, 4.69) is 24.1 Å². The second-order valence-corrected chi connectivity index (χ2v) is 6.32. The number of amides is 1. The lowest BCUT2D eigenvalue weighted by Gasteiger charge is -2.34. The van der Waals surface area contributed by atoms with E-state index in [-0.39, 0.29) is 0 Å². The van der Waals surface area contributed by atoms with Gasteiger partial charge in [-0.3, -0.25) is 4.79 Å². The van der Waals surface area contributed by atoms with Gasteiger partial charge in [0.1, 0.15) is 0 Å². The summed E-state index contributed by atoms with van der Waals surface area (Å²) in [5, 5.41) is 3.42. The van der Waals surface area contributed by atoms with Gasteiger partial charge < -0.3 is 10.2 Å². The molecule has 0 radical (unpaired) electrons. The van der Waals surface area contributed by atoms with Crippen LogP contribution in [-0.2, 0) is 4.79 Å². The number of hydrogen-bond acceptors (Lipinski definition) is 2. The zero-order chi connectivity index (χ0) is 13.0. The van der Waals surface area contributed by atoms with Crippen LogP contribution in [-0.4, -0.2) is 36.5 Å². The van der Waals surface area contributed by atoms with Crippen molar-refractivity contribution < 1.29 is 4.79 Å². The van der Waals surface area contributed by atoms with Crippen LogP contribution in [0.3, 0.4) is 0 Å². The predicted octanol–water partition coefficient (Wildman–Crippen LogP) is 2.41. The van der Waals surface area contributed by atoms with Crippen molar-refractivity contribution in [2.75, 3.05) is 19.6 Å². The third-order valence-electron chi connectivity index (χ3n) is 4.48. The van der Waals surface area contributed by atoms with Crippen molar-refractivity contribution in [3.05, 3.63) is 0 Å². The molecule has 0 bridgehead atoms. The summed E-state index contributed by atoms with van der Waals surface area (Å²) < 4.78 is 0. The highest BCUT2D eigenvalue weighted by atomic mass is 16.2. The fraction of sp³-hybridized carbons (Fsp3) is 0.933. The van der Waals surface area contributed by atoms with Crippen LogP contribution in [0.5, 0.6) is 0 Å². The number of carbonyl (C=O) groups is 1. The minimum atomic E-state index is 0.407. The number of rotatable bonds is 4. The Labute approximate surface area is 111 Å². The second-order valence-electron chi connectivity index (χ2n) is 6.32. The van der Waals surface area contributed by atoms with E-state index in [4.69, 9.17) is 0 Å². The van der Waals surface area contributed by atoms with Crippen molar-refractivity contribution in [2.24, 2.45) is 11.8 Å². The number of hydrogen-bond donors (Lipinski definition) is 1. The average molecular weight is 252 g/mol. The van der Waals surface area contributed by atoms with E-state index in [0.717, 1.165) is 38.4 Å². The molecule has 2 aliphatic heterocycles. The van der Waals surface area contributed by atoms with Crippen molar-refractivity contribution in [3.63, 3.8) is 0 Å². The van der Waals surface area contributed by atoms with Crippen molar-refractivity contribution in [2.45, 2.75) is 58.4 Å². The number of nitrogens with zero attached hydrogens (tertiary/aromatic N) is 1. The third kappa shape index (κ3) is 3.47. The predicted molar refractivity (Wildman–Crippen MR) is 74.4 cm³/mol. The third-order valence-corrected chi connectivity index (χ3v) is 4.48. The number of carbonyl (C=O) groups excluding carboxylic acids is 1. The van der Waals surface area contributed by atoms with Crippen LogP contribution in [0, 0.1) is 11.8 Å². The molecule has 0 aliphatic carbocycles. The molecule has 2 rings (SSSR count). The highest BCUT2D eigenvalue weighted by molar-refractivity contribution is 5.76. The molecule has 2 saturated heterocycles. The summed E-state index contributed by atoms with van der Waals surface area (Å²) in [7, 11) is 0. The van der Waals surface area contributed by atoms with E-state index in [1.54, 1.807) is 0 Å². The van der Waals surface area contributed by atoms with Gasteiger partial charge in [-0.1, -0.05) is 13.8 Å². The summed E-state index contributed by atoms with van der Waals surface area (Å²) in [5.74, 6) is 1.79. The summed E-state index contributed by atoms with van der Waals surface area (Å²) >= 11 is 0. The minimum absolute atomic E-state index is 0.407. The monoisotopic (exact) mass is 252 g/mol. The highest BCUT2D eigenvalue weighted by Crippen LogP contribution is 2.30. The second kappa shape index (κ2) is 6.55. The molecule has 0 spiro atoms. The standard InChI is InChI=1S/C15H28N2O/c1-12(2)5-6-15(18)17-11-3-4-14(17)13-7-9-16-10-8-13/h12-14,16H,3-11H2,1-2H3. The van der Waals surface area contributed by atoms with Crippen molar-refractivity contribution in [1.29, 1.82) is 0 Å². The van der Waals surface area contributed by atoms with Gasteiger partial charge in [-0.05, 0) is 57.0 Å². The lowest BCUT2D eigenvalue weighted by Crippen LogP contribution is -2.43. The maximum Gasteiger partial charge on any atom is 0.222 e. The molecule has 1 N–H and O–H groups in total. The van der Waals surface area contributed by atoms with E-state index in [1.165, 1.54) is 25.7 Å². The summed E-state index contributed by atoms with van der Waals surface area (Å²) in [4.78, 5) is 14.5. The maximum absolute atomic E-state index is 12.3. The van der Waals surface area contributed by atoms with Gasteiger partial charge in [-0.25, -0.2) is 0 Å². The Hall–Kier alpha value is -0.570. The molecule has 2 heterocycles. The lowest BCUT2D eigenvalue weighted by molar-refractivity contribution is -0.133. The van der Waals surface area contributed by atoms with Gasteiger partial charge in [0.05, 0.1) is 0 Å². The molecule has 0 saturated carbocycles. The van der Waals surface area contributed by atoms with Gasteiger partial charge in [0.2, 0.25) is 5.91 Å². The number of likely N-dealkylation sites (tertiary alicyclic amines) is 1. The van der Waals surface area contributed by atoms with Gasteiger partial charge in [-0.2, -0.15) is 0 Å². The molecule has 1 amide bonds. The summed E-state index contributed by atoms with van der Waals surface area (Å²) in [6.07, 6.45) is 6.73. The Morgan fingerprint density at radius 1 is 1.28 bits per heavy atom. The molecule has 0 aromatic rings. The first-order chi connectivity index (χ1) is 8.68. The van der Waals surface area contributed by atoms with Crippen molar-refractivity contribution >= 4 is 5.91 Å². The first-order valence-corrected chi connectivity index (χ1v) is 7.68. The fourth-order valence-electron chi connectivity index (χ4n) is 3.38. The SMILES string of the molecule is CC(C)CCC(=O)N1CCCC1C1CCNCC1. The van der Waals surface area contributed by atoms with Gasteiger partial charge in [0.15, 0.2) is 0 Å². The first kappa shape index (κ1) is 13.9. The summed E-state index contributed by atoms with van der Waals surface area (Å²) in [6.45, 7) is 7.67. The lowest BCUT2D eigenvalue weighted by atomic mass is 9.88. The fourth-order valence-corrected chi connectivity index (χ4v) is 3.38. The van der Waals surface area contributed by atoms with Gasteiger partial charge in [0, 0.05) is 19.0 Å². The van der Waals surface area contributed by atoms with Crippen LogP contribution < -0.4 is 5.32 Å². The normalized spacial score (nSPS) is 25.9. The average Bonchev–Trinajstić information content (AvgIpc) is 2.86. The quantitative estimate of drug-likeness (QED) is 0.833. The Morgan fingerprint density at radius 2 is 2.00 bits per heavy atom. The molecular formula is C15H28N2O. The Bertz CT molecular complexity index is 272. The molecular weight excluding hydrogens is 224 g/mol. The van der Waals surface area contributed by atoms with Gasteiger partial charge in [0.25, 0.3) is 0 Å². The van der Waals surface area contributed by atoms with Crippen LogP contribution >= 0.6 is 0 Å². The molecule has 3 heteroatoms. The topological polar surface area (TPSA) is 32.3 Å².